The number of carbonyl (C=O) groups is 2. The molecule has 38 heavy (non-hydrogen) atoms. The monoisotopic (exact) mass is 623 g/mol. The number of fused-ring (bicyclic) bond motifs is 1. The van der Waals surface area contributed by atoms with Gasteiger partial charge in [0.2, 0.25) is 15.9 Å². The van der Waals surface area contributed by atoms with E-state index in [0.717, 1.165) is 28.6 Å². The summed E-state index contributed by atoms with van der Waals surface area (Å²) < 4.78 is 42.4. The Hall–Kier alpha value is -2.34. The van der Waals surface area contributed by atoms with Crippen molar-refractivity contribution < 1.29 is 22.4 Å². The predicted octanol–water partition coefficient (Wildman–Crippen LogP) is 5.16. The van der Waals surface area contributed by atoms with Crippen LogP contribution in [0, 0.1) is 17.7 Å². The van der Waals surface area contributed by atoms with Gasteiger partial charge >= 0.3 is 0 Å². The molecule has 3 aromatic rings. The van der Waals surface area contributed by atoms with Gasteiger partial charge in [-0.2, -0.15) is 4.31 Å². The van der Waals surface area contributed by atoms with Crippen LogP contribution in [0.3, 0.4) is 0 Å². The number of sulfonamides is 1. The molecule has 2 aromatic carbocycles. The Bertz CT molecular complexity index is 1390. The number of piperidine rings is 1. The van der Waals surface area contributed by atoms with Crippen molar-refractivity contribution >= 4 is 59.2 Å². The third kappa shape index (κ3) is 6.80. The Labute approximate surface area is 235 Å². The highest BCUT2D eigenvalue weighted by Gasteiger charge is 2.32. The number of hydrogen-bond donors (Lipinski definition) is 2. The van der Waals surface area contributed by atoms with E-state index in [4.69, 9.17) is 0 Å². The highest BCUT2D eigenvalue weighted by molar-refractivity contribution is 9.10. The molecule has 0 spiro atoms. The van der Waals surface area contributed by atoms with Crippen molar-refractivity contribution in [1.29, 1.82) is 0 Å². The number of rotatable bonds is 9. The third-order valence-electron chi connectivity index (χ3n) is 6.54. The molecule has 7 nitrogen and oxygen atoms in total. The molecular formula is C27H31BrFN3O4S2. The third-order valence-corrected chi connectivity index (χ3v) is 10.5. The number of carbonyl (C=O) groups excluding carboxylic acids is 2. The lowest BCUT2D eigenvalue weighted by Gasteiger charge is -2.32. The first-order valence-electron chi connectivity index (χ1n) is 12.6. The van der Waals surface area contributed by atoms with Gasteiger partial charge in [0.1, 0.15) is 11.9 Å². The molecule has 1 aliphatic heterocycles. The van der Waals surface area contributed by atoms with Crippen molar-refractivity contribution in [2.45, 2.75) is 44.0 Å². The van der Waals surface area contributed by atoms with Gasteiger partial charge in [0.05, 0.1) is 9.77 Å². The van der Waals surface area contributed by atoms with Gasteiger partial charge in [-0.1, -0.05) is 32.0 Å². The van der Waals surface area contributed by atoms with E-state index in [1.54, 1.807) is 0 Å². The minimum atomic E-state index is -3.82. The van der Waals surface area contributed by atoms with E-state index in [1.807, 2.05) is 44.2 Å². The normalized spacial score (nSPS) is 17.4. The molecule has 4 rings (SSSR count). The summed E-state index contributed by atoms with van der Waals surface area (Å²) in [5.41, 5.74) is 0. The van der Waals surface area contributed by atoms with Crippen LogP contribution in [-0.2, 0) is 14.8 Å². The Kier molecular flexibility index (Phi) is 9.23. The van der Waals surface area contributed by atoms with Gasteiger partial charge in [0.15, 0.2) is 0 Å². The van der Waals surface area contributed by atoms with Crippen molar-refractivity contribution in [2.24, 2.45) is 11.8 Å². The molecule has 0 aliphatic carbocycles. The Morgan fingerprint density at radius 2 is 1.95 bits per heavy atom. The molecule has 1 saturated heterocycles. The molecule has 0 saturated carbocycles. The first kappa shape index (κ1) is 28.7. The van der Waals surface area contributed by atoms with E-state index in [1.165, 1.54) is 21.7 Å². The minimum absolute atomic E-state index is 0.0181. The summed E-state index contributed by atoms with van der Waals surface area (Å²) in [6.07, 6.45) is 1.89. The summed E-state index contributed by atoms with van der Waals surface area (Å²) in [6, 6.07) is 12.4. The lowest BCUT2D eigenvalue weighted by Crippen LogP contribution is -2.50. The molecule has 2 heterocycles. The van der Waals surface area contributed by atoms with Gasteiger partial charge in [-0.05, 0) is 82.7 Å². The van der Waals surface area contributed by atoms with E-state index in [0.29, 0.717) is 30.8 Å². The van der Waals surface area contributed by atoms with Crippen LogP contribution < -0.4 is 10.6 Å². The fourth-order valence-electron chi connectivity index (χ4n) is 4.63. The zero-order chi connectivity index (χ0) is 27.4. The van der Waals surface area contributed by atoms with E-state index in [9.17, 15) is 22.4 Å². The number of amides is 2. The maximum absolute atomic E-state index is 13.5. The zero-order valence-electron chi connectivity index (χ0n) is 21.2. The van der Waals surface area contributed by atoms with Crippen LogP contribution in [-0.4, -0.2) is 50.2 Å². The Morgan fingerprint density at radius 3 is 2.66 bits per heavy atom. The minimum Gasteiger partial charge on any atom is -0.354 e. The first-order chi connectivity index (χ1) is 18.0. The number of benzene rings is 2. The summed E-state index contributed by atoms with van der Waals surface area (Å²) in [6.45, 7) is 4.88. The highest BCUT2D eigenvalue weighted by Crippen LogP contribution is 2.29. The first-order valence-corrected chi connectivity index (χ1v) is 15.6. The van der Waals surface area contributed by atoms with Gasteiger partial charge in [-0.3, -0.25) is 9.59 Å². The van der Waals surface area contributed by atoms with Gasteiger partial charge < -0.3 is 10.6 Å². The van der Waals surface area contributed by atoms with Crippen LogP contribution >= 0.6 is 27.3 Å². The Morgan fingerprint density at radius 1 is 1.18 bits per heavy atom. The molecular weight excluding hydrogens is 593 g/mol. The molecule has 1 aromatic heterocycles. The number of hydrogen-bond acceptors (Lipinski definition) is 5. The molecule has 2 amide bonds. The average Bonchev–Trinajstić information content (AvgIpc) is 3.31. The lowest BCUT2D eigenvalue weighted by molar-refractivity contribution is -0.123. The predicted molar refractivity (Wildman–Crippen MR) is 151 cm³/mol. The van der Waals surface area contributed by atoms with Crippen LogP contribution in [0.1, 0.15) is 42.8 Å². The summed E-state index contributed by atoms with van der Waals surface area (Å²) in [7, 11) is -3.82. The molecule has 1 unspecified atom stereocenters. The quantitative estimate of drug-likeness (QED) is 0.344. The molecule has 204 valence electrons. The highest BCUT2D eigenvalue weighted by atomic mass is 79.9. The van der Waals surface area contributed by atoms with E-state index in [2.05, 4.69) is 26.6 Å². The zero-order valence-corrected chi connectivity index (χ0v) is 24.5. The van der Waals surface area contributed by atoms with Gasteiger partial charge in [0.25, 0.3) is 5.91 Å². The number of thiophene rings is 1. The number of halogens is 2. The van der Waals surface area contributed by atoms with Crippen molar-refractivity contribution in [1.82, 2.24) is 14.9 Å². The summed E-state index contributed by atoms with van der Waals surface area (Å²) in [5.74, 6) is -0.996. The van der Waals surface area contributed by atoms with E-state index in [-0.39, 0.29) is 39.6 Å². The summed E-state index contributed by atoms with van der Waals surface area (Å²) >= 11 is 4.55. The molecule has 2 atom stereocenters. The van der Waals surface area contributed by atoms with Crippen molar-refractivity contribution in [3.63, 3.8) is 0 Å². The van der Waals surface area contributed by atoms with Crippen LogP contribution in [0.5, 0.6) is 0 Å². The standard InChI is InChI=1S/C27H31BrFN3O4S2/c1-17(2)12-22(31-27(34)24-13-19-7-3-4-8-23(19)37-24)26(33)30-15-18-6-5-11-32(16-18)38(35,36)25-10-9-20(29)14-21(25)28/h3-4,7-10,13-14,17-18,22H,5-6,11-12,15-16H2,1-2H3,(H,30,33)(H,31,34)/t18?,22-/m0/s1. The van der Waals surface area contributed by atoms with Crippen LogP contribution in [0.2, 0.25) is 0 Å². The maximum atomic E-state index is 13.5. The smallest absolute Gasteiger partial charge is 0.262 e. The van der Waals surface area contributed by atoms with Gasteiger partial charge in [0, 0.05) is 28.8 Å². The molecule has 1 fully saturated rings. The second-order valence-corrected chi connectivity index (χ2v) is 13.8. The largest absolute Gasteiger partial charge is 0.354 e. The van der Waals surface area contributed by atoms with Crippen molar-refractivity contribution in [3.05, 3.63) is 63.7 Å². The second-order valence-electron chi connectivity index (χ2n) is 10.00. The average molecular weight is 625 g/mol. The fourth-order valence-corrected chi connectivity index (χ4v) is 8.16. The fraction of sp³-hybridized carbons (Fsp3) is 0.407. The molecule has 1 aliphatic rings. The molecule has 0 bridgehead atoms. The molecule has 2 N–H and O–H groups in total. The topological polar surface area (TPSA) is 95.6 Å². The van der Waals surface area contributed by atoms with Crippen LogP contribution in [0.25, 0.3) is 10.1 Å². The van der Waals surface area contributed by atoms with Gasteiger partial charge in [-0.25, -0.2) is 12.8 Å². The lowest BCUT2D eigenvalue weighted by atomic mass is 9.99. The molecule has 11 heteroatoms. The van der Waals surface area contributed by atoms with Gasteiger partial charge in [-0.15, -0.1) is 11.3 Å². The van der Waals surface area contributed by atoms with Crippen LogP contribution in [0.15, 0.2) is 57.9 Å². The summed E-state index contributed by atoms with van der Waals surface area (Å²) in [4.78, 5) is 26.7. The SMILES string of the molecule is CC(C)C[C@H](NC(=O)c1cc2ccccc2s1)C(=O)NCC1CCCN(S(=O)(=O)c2ccc(F)cc2Br)C1. The van der Waals surface area contributed by atoms with E-state index < -0.39 is 21.9 Å². The van der Waals surface area contributed by atoms with E-state index >= 15 is 0 Å². The van der Waals surface area contributed by atoms with Crippen LogP contribution in [0.4, 0.5) is 4.39 Å². The van der Waals surface area contributed by atoms with Crippen molar-refractivity contribution in [3.8, 4) is 0 Å². The van der Waals surface area contributed by atoms with Crippen molar-refractivity contribution in [2.75, 3.05) is 19.6 Å². The second kappa shape index (κ2) is 12.2. The number of nitrogens with zero attached hydrogens (tertiary/aromatic N) is 1. The molecule has 0 radical (unpaired) electrons. The Balaban J connectivity index is 1.39. The summed E-state index contributed by atoms with van der Waals surface area (Å²) in [5, 5.41) is 6.82. The number of nitrogens with one attached hydrogen (secondary N) is 2. The maximum Gasteiger partial charge on any atom is 0.262 e.